The lowest BCUT2D eigenvalue weighted by molar-refractivity contribution is 0.109. The topological polar surface area (TPSA) is 38.7 Å². The van der Waals surface area contributed by atoms with E-state index in [4.69, 9.17) is 0 Å². The number of rotatable bonds is 5. The number of β-amino-alcohol motifs (C(OH)–C–C–N with tert-alkyl or cyclic N) is 1. The second-order valence-electron chi connectivity index (χ2n) is 4.83. The zero-order valence-electron chi connectivity index (χ0n) is 11.0. The minimum Gasteiger partial charge on any atom is -0.390 e. The molecule has 0 amide bonds. The van der Waals surface area contributed by atoms with Crippen LogP contribution < -0.4 is 10.2 Å². The highest BCUT2D eigenvalue weighted by molar-refractivity contribution is 5.46. The van der Waals surface area contributed by atoms with E-state index >= 15 is 0 Å². The Morgan fingerprint density at radius 2 is 1.83 bits per heavy atom. The third-order valence-corrected chi connectivity index (χ3v) is 3.40. The number of aliphatic hydroxyl groups is 1. The highest BCUT2D eigenvalue weighted by Gasteiger charge is 2.18. The van der Waals surface area contributed by atoms with Gasteiger partial charge in [-0.2, -0.15) is 0 Å². The highest BCUT2D eigenvalue weighted by Crippen LogP contribution is 2.15. The molecule has 1 atom stereocenters. The number of likely N-dealkylation sites (N-methyl/N-ethyl adjacent to an activating group) is 1. The third-order valence-electron chi connectivity index (χ3n) is 3.40. The van der Waals surface area contributed by atoms with Gasteiger partial charge in [0.25, 0.3) is 0 Å². The Morgan fingerprint density at radius 3 is 2.44 bits per heavy atom. The predicted octanol–water partition coefficient (Wildman–Crippen LogP) is 0.389. The van der Waals surface area contributed by atoms with Crippen LogP contribution in [0.15, 0.2) is 30.3 Å². The van der Waals surface area contributed by atoms with Gasteiger partial charge in [0.2, 0.25) is 0 Å². The van der Waals surface area contributed by atoms with Crippen molar-refractivity contribution in [2.75, 3.05) is 51.2 Å². The third kappa shape index (κ3) is 3.70. The van der Waals surface area contributed by atoms with Crippen molar-refractivity contribution in [1.82, 2.24) is 10.2 Å². The minimum atomic E-state index is -0.265. The van der Waals surface area contributed by atoms with Crippen LogP contribution in [0, 0.1) is 0 Å². The Kier molecular flexibility index (Phi) is 4.99. The van der Waals surface area contributed by atoms with Crippen molar-refractivity contribution in [1.29, 1.82) is 0 Å². The first-order chi connectivity index (χ1) is 8.79. The van der Waals surface area contributed by atoms with E-state index in [9.17, 15) is 5.11 Å². The van der Waals surface area contributed by atoms with Crippen LogP contribution in [0.4, 0.5) is 5.69 Å². The van der Waals surface area contributed by atoms with Gasteiger partial charge in [-0.15, -0.1) is 0 Å². The number of nitrogens with zero attached hydrogens (tertiary/aromatic N) is 2. The SMILES string of the molecule is CNCC(O)CN1CCN(c2ccccc2)CC1. The van der Waals surface area contributed by atoms with Crippen LogP contribution in [-0.2, 0) is 0 Å². The molecule has 1 unspecified atom stereocenters. The molecule has 0 spiro atoms. The van der Waals surface area contributed by atoms with Gasteiger partial charge in [-0.25, -0.2) is 0 Å². The van der Waals surface area contributed by atoms with Crippen molar-refractivity contribution in [3.05, 3.63) is 30.3 Å². The van der Waals surface area contributed by atoms with Gasteiger partial charge in [0.05, 0.1) is 6.10 Å². The fraction of sp³-hybridized carbons (Fsp3) is 0.571. The molecule has 18 heavy (non-hydrogen) atoms. The molecule has 1 aromatic carbocycles. The summed E-state index contributed by atoms with van der Waals surface area (Å²) in [5, 5.41) is 12.8. The number of hydrogen-bond acceptors (Lipinski definition) is 4. The average Bonchev–Trinajstić information content (AvgIpc) is 2.41. The lowest BCUT2D eigenvalue weighted by atomic mass is 10.2. The van der Waals surface area contributed by atoms with Crippen LogP contribution in [-0.4, -0.2) is 62.4 Å². The summed E-state index contributed by atoms with van der Waals surface area (Å²) in [7, 11) is 1.87. The summed E-state index contributed by atoms with van der Waals surface area (Å²) in [6.07, 6.45) is -0.265. The molecule has 1 heterocycles. The molecule has 2 N–H and O–H groups in total. The van der Waals surface area contributed by atoms with E-state index in [1.54, 1.807) is 0 Å². The van der Waals surface area contributed by atoms with Gasteiger partial charge in [-0.1, -0.05) is 18.2 Å². The zero-order chi connectivity index (χ0) is 12.8. The number of benzene rings is 1. The lowest BCUT2D eigenvalue weighted by Crippen LogP contribution is -2.49. The molecule has 1 aliphatic heterocycles. The Bertz CT molecular complexity index is 336. The summed E-state index contributed by atoms with van der Waals surface area (Å²) in [4.78, 5) is 4.74. The maximum absolute atomic E-state index is 9.77. The maximum Gasteiger partial charge on any atom is 0.0791 e. The summed E-state index contributed by atoms with van der Waals surface area (Å²) < 4.78 is 0. The van der Waals surface area contributed by atoms with Crippen LogP contribution in [0.3, 0.4) is 0 Å². The van der Waals surface area contributed by atoms with E-state index in [0.29, 0.717) is 6.54 Å². The Balaban J connectivity index is 1.78. The van der Waals surface area contributed by atoms with Crippen LogP contribution >= 0.6 is 0 Å². The predicted molar refractivity (Wildman–Crippen MR) is 75.0 cm³/mol. The largest absolute Gasteiger partial charge is 0.390 e. The average molecular weight is 249 g/mol. The van der Waals surface area contributed by atoms with Crippen molar-refractivity contribution in [2.24, 2.45) is 0 Å². The molecular weight excluding hydrogens is 226 g/mol. The van der Waals surface area contributed by atoms with Crippen molar-refractivity contribution in [3.8, 4) is 0 Å². The van der Waals surface area contributed by atoms with Crippen molar-refractivity contribution in [2.45, 2.75) is 6.10 Å². The maximum atomic E-state index is 9.77. The van der Waals surface area contributed by atoms with Crippen LogP contribution in [0.1, 0.15) is 0 Å². The van der Waals surface area contributed by atoms with Gasteiger partial charge in [0, 0.05) is 45.0 Å². The Labute approximate surface area is 109 Å². The molecule has 0 aromatic heterocycles. The minimum absolute atomic E-state index is 0.265. The number of anilines is 1. The van der Waals surface area contributed by atoms with Crippen LogP contribution in [0.25, 0.3) is 0 Å². The summed E-state index contributed by atoms with van der Waals surface area (Å²) in [6, 6.07) is 10.5. The summed E-state index contributed by atoms with van der Waals surface area (Å²) in [5.74, 6) is 0. The Morgan fingerprint density at radius 1 is 1.17 bits per heavy atom. The Hall–Kier alpha value is -1.10. The fourth-order valence-corrected chi connectivity index (χ4v) is 2.43. The van der Waals surface area contributed by atoms with Gasteiger partial charge in [0.15, 0.2) is 0 Å². The highest BCUT2D eigenvalue weighted by atomic mass is 16.3. The molecular formula is C14H23N3O. The number of nitrogens with one attached hydrogen (secondary N) is 1. The number of piperazine rings is 1. The molecule has 1 aliphatic rings. The zero-order valence-corrected chi connectivity index (χ0v) is 11.0. The van der Waals surface area contributed by atoms with Gasteiger partial charge in [-0.3, -0.25) is 4.90 Å². The smallest absolute Gasteiger partial charge is 0.0791 e. The van der Waals surface area contributed by atoms with E-state index in [2.05, 4.69) is 39.4 Å². The van der Waals surface area contributed by atoms with Crippen molar-refractivity contribution in [3.63, 3.8) is 0 Å². The molecule has 1 aromatic rings. The van der Waals surface area contributed by atoms with Crippen molar-refractivity contribution < 1.29 is 5.11 Å². The molecule has 2 rings (SSSR count). The molecule has 0 aliphatic carbocycles. The molecule has 0 saturated carbocycles. The molecule has 4 heteroatoms. The second-order valence-corrected chi connectivity index (χ2v) is 4.83. The van der Waals surface area contributed by atoms with E-state index in [-0.39, 0.29) is 6.10 Å². The summed E-state index contributed by atoms with van der Waals surface area (Å²) >= 11 is 0. The number of hydrogen-bond donors (Lipinski definition) is 2. The van der Waals surface area contributed by atoms with Gasteiger partial charge in [0.1, 0.15) is 0 Å². The normalized spacial score (nSPS) is 18.9. The van der Waals surface area contributed by atoms with Crippen molar-refractivity contribution >= 4 is 5.69 Å². The summed E-state index contributed by atoms with van der Waals surface area (Å²) in [6.45, 7) is 5.56. The van der Waals surface area contributed by atoms with Gasteiger partial charge >= 0.3 is 0 Å². The quantitative estimate of drug-likeness (QED) is 0.792. The van der Waals surface area contributed by atoms with E-state index in [0.717, 1.165) is 32.7 Å². The van der Waals surface area contributed by atoms with Gasteiger partial charge < -0.3 is 15.3 Å². The first-order valence-corrected chi connectivity index (χ1v) is 6.64. The molecule has 1 saturated heterocycles. The number of aliphatic hydroxyl groups excluding tert-OH is 1. The summed E-state index contributed by atoms with van der Waals surface area (Å²) in [5.41, 5.74) is 1.30. The first kappa shape index (κ1) is 13.3. The van der Waals surface area contributed by atoms with E-state index in [1.165, 1.54) is 5.69 Å². The molecule has 0 radical (unpaired) electrons. The van der Waals surface area contributed by atoms with Gasteiger partial charge in [-0.05, 0) is 19.2 Å². The molecule has 100 valence electrons. The molecule has 0 bridgehead atoms. The number of para-hydroxylation sites is 1. The van der Waals surface area contributed by atoms with E-state index in [1.807, 2.05) is 13.1 Å². The first-order valence-electron chi connectivity index (χ1n) is 6.64. The van der Waals surface area contributed by atoms with Crippen LogP contribution in [0.5, 0.6) is 0 Å². The lowest BCUT2D eigenvalue weighted by Gasteiger charge is -2.36. The second kappa shape index (κ2) is 6.73. The van der Waals surface area contributed by atoms with Crippen LogP contribution in [0.2, 0.25) is 0 Å². The molecule has 1 fully saturated rings. The fourth-order valence-electron chi connectivity index (χ4n) is 2.43. The standard InChI is InChI=1S/C14H23N3O/c1-15-11-14(18)12-16-7-9-17(10-8-16)13-5-3-2-4-6-13/h2-6,14-15,18H,7-12H2,1H3. The molecule has 4 nitrogen and oxygen atoms in total. The monoisotopic (exact) mass is 249 g/mol. The van der Waals surface area contributed by atoms with E-state index < -0.39 is 0 Å².